The van der Waals surface area contributed by atoms with Crippen molar-refractivity contribution < 1.29 is 14.6 Å². The lowest BCUT2D eigenvalue weighted by Gasteiger charge is -2.20. The summed E-state index contributed by atoms with van der Waals surface area (Å²) in [5.41, 5.74) is 1.14. The second kappa shape index (κ2) is 4.39. The lowest BCUT2D eigenvalue weighted by atomic mass is 9.97. The van der Waals surface area contributed by atoms with Gasteiger partial charge >= 0.3 is 0 Å². The lowest BCUT2D eigenvalue weighted by molar-refractivity contribution is 0.150. The second-order valence-corrected chi connectivity index (χ2v) is 4.74. The Morgan fingerprint density at radius 2 is 1.88 bits per heavy atom. The molecule has 1 aliphatic carbocycles. The summed E-state index contributed by atoms with van der Waals surface area (Å²) in [4.78, 5) is 0. The van der Waals surface area contributed by atoms with E-state index in [1.165, 1.54) is 0 Å². The molecule has 1 saturated carbocycles. The van der Waals surface area contributed by atoms with E-state index in [1.807, 2.05) is 6.92 Å². The van der Waals surface area contributed by atoms with Gasteiger partial charge in [-0.05, 0) is 30.9 Å². The molecule has 0 heterocycles. The number of hydrogen-bond donors (Lipinski definition) is 1. The van der Waals surface area contributed by atoms with Crippen LogP contribution in [0.1, 0.15) is 30.9 Å². The molecule has 0 aromatic heterocycles. The quantitative estimate of drug-likeness (QED) is 0.900. The van der Waals surface area contributed by atoms with Crippen LogP contribution in [0, 0.1) is 0 Å². The Kier molecular flexibility index (Phi) is 3.23. The summed E-state index contributed by atoms with van der Waals surface area (Å²) in [5, 5.41) is 10.7. The van der Waals surface area contributed by atoms with E-state index in [4.69, 9.17) is 21.1 Å². The molecular formula is C13H17ClO3. The van der Waals surface area contributed by atoms with Crippen molar-refractivity contribution in [3.05, 3.63) is 22.2 Å². The Labute approximate surface area is 106 Å². The molecule has 0 saturated heterocycles. The first-order valence-electron chi connectivity index (χ1n) is 5.73. The van der Waals surface area contributed by atoms with Crippen LogP contribution in [0.15, 0.2) is 6.07 Å². The van der Waals surface area contributed by atoms with Crippen LogP contribution in [-0.4, -0.2) is 19.3 Å². The van der Waals surface area contributed by atoms with Gasteiger partial charge in [-0.2, -0.15) is 0 Å². The van der Waals surface area contributed by atoms with Crippen LogP contribution in [0.5, 0.6) is 11.5 Å². The minimum Gasteiger partial charge on any atom is -0.493 e. The lowest BCUT2D eigenvalue weighted by Crippen LogP contribution is -2.10. The Morgan fingerprint density at radius 1 is 1.29 bits per heavy atom. The molecule has 0 aliphatic heterocycles. The molecule has 3 nitrogen and oxygen atoms in total. The smallest absolute Gasteiger partial charge is 0.179 e. The summed E-state index contributed by atoms with van der Waals surface area (Å²) in [7, 11) is 3.16. The van der Waals surface area contributed by atoms with E-state index >= 15 is 0 Å². The molecule has 1 aromatic carbocycles. The van der Waals surface area contributed by atoms with Crippen LogP contribution in [0.2, 0.25) is 5.02 Å². The van der Waals surface area contributed by atoms with Crippen LogP contribution >= 0.6 is 11.6 Å². The van der Waals surface area contributed by atoms with Gasteiger partial charge in [0, 0.05) is 5.56 Å². The molecule has 0 spiro atoms. The van der Waals surface area contributed by atoms with Gasteiger partial charge in [0.05, 0.1) is 24.8 Å². The zero-order valence-electron chi connectivity index (χ0n) is 10.3. The predicted molar refractivity (Wildman–Crippen MR) is 67.1 cm³/mol. The molecule has 17 heavy (non-hydrogen) atoms. The normalized spacial score (nSPS) is 16.8. The standard InChI is InChI=1S/C13H17ClO3/c1-4-8-9(13(15)5-6-13)7-10(14)12(17-3)11(8)16-2/h7,15H,4-6H2,1-3H3. The van der Waals surface area contributed by atoms with Gasteiger partial charge in [0.2, 0.25) is 0 Å². The summed E-state index contributed by atoms with van der Waals surface area (Å²) in [5.74, 6) is 1.18. The van der Waals surface area contributed by atoms with Crippen molar-refractivity contribution in [3.63, 3.8) is 0 Å². The molecule has 0 atom stereocenters. The summed E-state index contributed by atoms with van der Waals surface area (Å²) in [6, 6.07) is 1.80. The van der Waals surface area contributed by atoms with Crippen LogP contribution < -0.4 is 9.47 Å². The third kappa shape index (κ3) is 1.98. The molecule has 1 aromatic rings. The SMILES string of the molecule is CCc1c(C2(O)CC2)cc(Cl)c(OC)c1OC. The number of halogens is 1. The van der Waals surface area contributed by atoms with Crippen molar-refractivity contribution in [1.82, 2.24) is 0 Å². The number of rotatable bonds is 4. The van der Waals surface area contributed by atoms with Crippen molar-refractivity contribution in [2.24, 2.45) is 0 Å². The minimum absolute atomic E-state index is 0.483. The average Bonchev–Trinajstić information content (AvgIpc) is 3.06. The Balaban J connectivity index is 2.65. The van der Waals surface area contributed by atoms with Gasteiger partial charge in [0.25, 0.3) is 0 Å². The van der Waals surface area contributed by atoms with Gasteiger partial charge < -0.3 is 14.6 Å². The van der Waals surface area contributed by atoms with Crippen LogP contribution in [0.25, 0.3) is 0 Å². The summed E-state index contributed by atoms with van der Waals surface area (Å²) in [6.45, 7) is 2.03. The summed E-state index contributed by atoms with van der Waals surface area (Å²) in [6.07, 6.45) is 2.34. The van der Waals surface area contributed by atoms with Gasteiger partial charge in [0.1, 0.15) is 0 Å². The molecule has 94 valence electrons. The number of aliphatic hydroxyl groups is 1. The Morgan fingerprint density at radius 3 is 2.29 bits per heavy atom. The molecule has 1 N–H and O–H groups in total. The van der Waals surface area contributed by atoms with E-state index in [1.54, 1.807) is 20.3 Å². The Hall–Kier alpha value is -0.930. The highest BCUT2D eigenvalue weighted by molar-refractivity contribution is 6.32. The molecule has 0 amide bonds. The zero-order chi connectivity index (χ0) is 12.6. The molecular weight excluding hydrogens is 240 g/mol. The highest BCUT2D eigenvalue weighted by Gasteiger charge is 2.44. The first kappa shape index (κ1) is 12.5. The van der Waals surface area contributed by atoms with Crippen molar-refractivity contribution in [1.29, 1.82) is 0 Å². The molecule has 1 fully saturated rings. The third-order valence-corrected chi connectivity index (χ3v) is 3.56. The first-order chi connectivity index (χ1) is 8.07. The second-order valence-electron chi connectivity index (χ2n) is 4.34. The topological polar surface area (TPSA) is 38.7 Å². The zero-order valence-corrected chi connectivity index (χ0v) is 11.1. The largest absolute Gasteiger partial charge is 0.493 e. The van der Waals surface area contributed by atoms with E-state index < -0.39 is 5.60 Å². The fraction of sp³-hybridized carbons (Fsp3) is 0.538. The maximum atomic E-state index is 10.3. The highest BCUT2D eigenvalue weighted by Crippen LogP contribution is 2.51. The Bertz CT molecular complexity index is 439. The highest BCUT2D eigenvalue weighted by atomic mass is 35.5. The fourth-order valence-electron chi connectivity index (χ4n) is 2.21. The number of ether oxygens (including phenoxy) is 2. The van der Waals surface area contributed by atoms with E-state index in [-0.39, 0.29) is 0 Å². The maximum absolute atomic E-state index is 10.3. The van der Waals surface area contributed by atoms with Gasteiger partial charge in [0.15, 0.2) is 11.5 Å². The summed E-state index contributed by atoms with van der Waals surface area (Å²) < 4.78 is 10.6. The minimum atomic E-state index is -0.714. The van der Waals surface area contributed by atoms with E-state index in [9.17, 15) is 5.11 Å². The number of methoxy groups -OCH3 is 2. The maximum Gasteiger partial charge on any atom is 0.179 e. The monoisotopic (exact) mass is 256 g/mol. The van der Waals surface area contributed by atoms with E-state index in [0.29, 0.717) is 16.5 Å². The van der Waals surface area contributed by atoms with Crippen molar-refractivity contribution in [3.8, 4) is 11.5 Å². The van der Waals surface area contributed by atoms with Gasteiger partial charge in [-0.3, -0.25) is 0 Å². The number of benzene rings is 1. The molecule has 4 heteroatoms. The van der Waals surface area contributed by atoms with E-state index in [2.05, 4.69) is 0 Å². The molecule has 1 aliphatic rings. The van der Waals surface area contributed by atoms with Crippen molar-refractivity contribution >= 4 is 11.6 Å². The van der Waals surface area contributed by atoms with Crippen molar-refractivity contribution in [2.45, 2.75) is 31.8 Å². The van der Waals surface area contributed by atoms with Crippen LogP contribution in [0.3, 0.4) is 0 Å². The van der Waals surface area contributed by atoms with Gasteiger partial charge in [-0.15, -0.1) is 0 Å². The molecule has 2 rings (SSSR count). The predicted octanol–water partition coefficient (Wildman–Crippen LogP) is 2.90. The molecule has 0 radical (unpaired) electrons. The molecule has 0 unspecified atom stereocenters. The third-order valence-electron chi connectivity index (χ3n) is 3.28. The van der Waals surface area contributed by atoms with Crippen LogP contribution in [0.4, 0.5) is 0 Å². The number of hydrogen-bond acceptors (Lipinski definition) is 3. The average molecular weight is 257 g/mol. The van der Waals surface area contributed by atoms with Crippen molar-refractivity contribution in [2.75, 3.05) is 14.2 Å². The molecule has 0 bridgehead atoms. The van der Waals surface area contributed by atoms with E-state index in [0.717, 1.165) is 30.4 Å². The fourth-order valence-corrected chi connectivity index (χ4v) is 2.48. The summed E-state index contributed by atoms with van der Waals surface area (Å²) >= 11 is 6.16. The first-order valence-corrected chi connectivity index (χ1v) is 6.11. The van der Waals surface area contributed by atoms with Gasteiger partial charge in [-0.25, -0.2) is 0 Å². The van der Waals surface area contributed by atoms with Crippen LogP contribution in [-0.2, 0) is 12.0 Å². The van der Waals surface area contributed by atoms with Gasteiger partial charge in [-0.1, -0.05) is 18.5 Å².